The standard InChI is InChI=1S/C38H28BNO2/c41-39(42)31-20-14-27(15-21-31)28-16-22-33(23-17-28)40(32-9-2-1-3-10-32)34-24-18-29(19-25-34)38-26-30-8-4-5-11-35(30)36-12-6-7-13-37(36)38/h1-26,41-42H. The first-order chi connectivity index (χ1) is 20.7. The van der Waals surface area contributed by atoms with E-state index in [0.29, 0.717) is 5.46 Å². The van der Waals surface area contributed by atoms with Crippen molar-refractivity contribution < 1.29 is 10.0 Å². The zero-order valence-corrected chi connectivity index (χ0v) is 22.9. The van der Waals surface area contributed by atoms with Gasteiger partial charge in [-0.25, -0.2) is 0 Å². The van der Waals surface area contributed by atoms with E-state index < -0.39 is 7.12 Å². The summed E-state index contributed by atoms with van der Waals surface area (Å²) in [5.74, 6) is 0. The highest BCUT2D eigenvalue weighted by Crippen LogP contribution is 2.39. The fourth-order valence-corrected chi connectivity index (χ4v) is 5.76. The molecule has 0 aliphatic rings. The normalized spacial score (nSPS) is 11.1. The van der Waals surface area contributed by atoms with E-state index in [1.54, 1.807) is 12.1 Å². The molecule has 0 saturated heterocycles. The molecule has 2 N–H and O–H groups in total. The van der Waals surface area contributed by atoms with E-state index in [-0.39, 0.29) is 0 Å². The van der Waals surface area contributed by atoms with Gasteiger partial charge in [0.2, 0.25) is 0 Å². The molecule has 3 nitrogen and oxygen atoms in total. The Hall–Kier alpha value is -5.16. The minimum absolute atomic E-state index is 0.478. The number of nitrogens with zero attached hydrogens (tertiary/aromatic N) is 1. The predicted molar refractivity (Wildman–Crippen MR) is 177 cm³/mol. The maximum absolute atomic E-state index is 9.42. The average molecular weight is 541 g/mol. The van der Waals surface area contributed by atoms with Crippen LogP contribution in [-0.2, 0) is 0 Å². The van der Waals surface area contributed by atoms with Crippen molar-refractivity contribution in [1.82, 2.24) is 0 Å². The molecular formula is C38H28BNO2. The first-order valence-corrected chi connectivity index (χ1v) is 14.1. The van der Waals surface area contributed by atoms with Gasteiger partial charge in [-0.05, 0) is 91.7 Å². The topological polar surface area (TPSA) is 43.7 Å². The third-order valence-corrected chi connectivity index (χ3v) is 7.89. The van der Waals surface area contributed by atoms with Gasteiger partial charge in [0, 0.05) is 17.1 Å². The van der Waals surface area contributed by atoms with Crippen LogP contribution in [0.2, 0.25) is 0 Å². The lowest BCUT2D eigenvalue weighted by Crippen LogP contribution is -2.29. The van der Waals surface area contributed by atoms with Crippen LogP contribution in [0, 0.1) is 0 Å². The molecule has 0 aliphatic carbocycles. The van der Waals surface area contributed by atoms with Gasteiger partial charge in [-0.3, -0.25) is 0 Å². The minimum Gasteiger partial charge on any atom is -0.423 e. The van der Waals surface area contributed by atoms with Crippen LogP contribution in [0.25, 0.3) is 43.8 Å². The molecule has 7 rings (SSSR count). The Morgan fingerprint density at radius 2 is 0.881 bits per heavy atom. The molecule has 0 fully saturated rings. The molecule has 0 bridgehead atoms. The van der Waals surface area contributed by atoms with E-state index in [0.717, 1.165) is 28.2 Å². The molecule has 7 aromatic rings. The van der Waals surface area contributed by atoms with Crippen LogP contribution in [0.5, 0.6) is 0 Å². The van der Waals surface area contributed by atoms with Crippen molar-refractivity contribution in [3.63, 3.8) is 0 Å². The van der Waals surface area contributed by atoms with Gasteiger partial charge in [0.1, 0.15) is 0 Å². The number of hydrogen-bond donors (Lipinski definition) is 2. The van der Waals surface area contributed by atoms with Crippen LogP contribution in [0.3, 0.4) is 0 Å². The smallest absolute Gasteiger partial charge is 0.423 e. The maximum Gasteiger partial charge on any atom is 0.488 e. The van der Waals surface area contributed by atoms with E-state index in [9.17, 15) is 10.0 Å². The third kappa shape index (κ3) is 4.84. The van der Waals surface area contributed by atoms with Crippen LogP contribution >= 0.6 is 0 Å². The second-order valence-electron chi connectivity index (χ2n) is 10.5. The van der Waals surface area contributed by atoms with Gasteiger partial charge in [0.25, 0.3) is 0 Å². The van der Waals surface area contributed by atoms with Crippen molar-refractivity contribution in [2.75, 3.05) is 4.90 Å². The molecule has 200 valence electrons. The molecule has 0 spiro atoms. The minimum atomic E-state index is -1.47. The molecule has 0 aliphatic heterocycles. The summed E-state index contributed by atoms with van der Waals surface area (Å²) in [7, 11) is -1.47. The van der Waals surface area contributed by atoms with Crippen molar-refractivity contribution in [3.05, 3.63) is 158 Å². The van der Waals surface area contributed by atoms with Crippen LogP contribution in [0.1, 0.15) is 0 Å². The van der Waals surface area contributed by atoms with E-state index in [2.05, 4.69) is 132 Å². The number of para-hydroxylation sites is 1. The summed E-state index contributed by atoms with van der Waals surface area (Å²) in [5, 5.41) is 23.9. The predicted octanol–water partition coefficient (Wildman–Crippen LogP) is 8.48. The summed E-state index contributed by atoms with van der Waals surface area (Å²) < 4.78 is 0. The zero-order valence-electron chi connectivity index (χ0n) is 22.9. The van der Waals surface area contributed by atoms with Gasteiger partial charge in [-0.15, -0.1) is 0 Å². The highest BCUT2D eigenvalue weighted by Gasteiger charge is 2.15. The number of anilines is 3. The number of fused-ring (bicyclic) bond motifs is 3. The average Bonchev–Trinajstić information content (AvgIpc) is 3.06. The van der Waals surface area contributed by atoms with Crippen molar-refractivity contribution in [2.45, 2.75) is 0 Å². The molecule has 0 saturated carbocycles. The first-order valence-electron chi connectivity index (χ1n) is 14.1. The molecule has 0 amide bonds. The SMILES string of the molecule is OB(O)c1ccc(-c2ccc(N(c3ccccc3)c3ccc(-c4cc5ccccc5c5ccccc45)cc3)cc2)cc1. The van der Waals surface area contributed by atoms with Crippen molar-refractivity contribution >= 4 is 51.2 Å². The van der Waals surface area contributed by atoms with Crippen LogP contribution in [-0.4, -0.2) is 17.2 Å². The summed E-state index contributed by atoms with van der Waals surface area (Å²) in [6, 6.07) is 54.5. The van der Waals surface area contributed by atoms with Crippen molar-refractivity contribution in [2.24, 2.45) is 0 Å². The molecule has 0 aromatic heterocycles. The number of hydrogen-bond acceptors (Lipinski definition) is 3. The lowest BCUT2D eigenvalue weighted by Gasteiger charge is -2.26. The van der Waals surface area contributed by atoms with Crippen LogP contribution in [0.15, 0.2) is 158 Å². The number of rotatable bonds is 6. The van der Waals surface area contributed by atoms with E-state index in [1.165, 1.54) is 32.7 Å². The Bertz CT molecular complexity index is 1990. The van der Waals surface area contributed by atoms with Gasteiger partial charge >= 0.3 is 7.12 Å². The fraction of sp³-hybridized carbons (Fsp3) is 0. The highest BCUT2D eigenvalue weighted by atomic mass is 16.4. The third-order valence-electron chi connectivity index (χ3n) is 7.89. The Labute approximate surface area is 245 Å². The molecule has 0 heterocycles. The molecule has 4 heteroatoms. The summed E-state index contributed by atoms with van der Waals surface area (Å²) in [6.07, 6.45) is 0. The number of benzene rings is 7. The fourth-order valence-electron chi connectivity index (χ4n) is 5.76. The van der Waals surface area contributed by atoms with Gasteiger partial charge < -0.3 is 14.9 Å². The molecule has 42 heavy (non-hydrogen) atoms. The molecular weight excluding hydrogens is 513 g/mol. The molecule has 0 radical (unpaired) electrons. The Kier molecular flexibility index (Phi) is 6.77. The summed E-state index contributed by atoms with van der Waals surface area (Å²) in [4.78, 5) is 2.26. The second-order valence-corrected chi connectivity index (χ2v) is 10.5. The van der Waals surface area contributed by atoms with E-state index in [4.69, 9.17) is 0 Å². The first kappa shape index (κ1) is 25.8. The summed E-state index contributed by atoms with van der Waals surface area (Å²) in [6.45, 7) is 0. The van der Waals surface area contributed by atoms with Gasteiger partial charge in [-0.1, -0.05) is 115 Å². The van der Waals surface area contributed by atoms with Gasteiger partial charge in [0.05, 0.1) is 0 Å². The second kappa shape index (κ2) is 11.0. The van der Waals surface area contributed by atoms with E-state index >= 15 is 0 Å². The summed E-state index contributed by atoms with van der Waals surface area (Å²) in [5.41, 5.74) is 8.17. The van der Waals surface area contributed by atoms with Gasteiger partial charge in [-0.2, -0.15) is 0 Å². The van der Waals surface area contributed by atoms with Crippen molar-refractivity contribution in [3.8, 4) is 22.3 Å². The van der Waals surface area contributed by atoms with Crippen LogP contribution in [0.4, 0.5) is 17.1 Å². The Morgan fingerprint density at radius 3 is 1.50 bits per heavy atom. The lowest BCUT2D eigenvalue weighted by molar-refractivity contribution is 0.426. The lowest BCUT2D eigenvalue weighted by atomic mass is 9.80. The molecule has 0 unspecified atom stereocenters. The van der Waals surface area contributed by atoms with Gasteiger partial charge in [0.15, 0.2) is 0 Å². The Balaban J connectivity index is 1.27. The highest BCUT2D eigenvalue weighted by molar-refractivity contribution is 6.58. The van der Waals surface area contributed by atoms with E-state index in [1.807, 2.05) is 18.2 Å². The quantitative estimate of drug-likeness (QED) is 0.164. The van der Waals surface area contributed by atoms with Crippen molar-refractivity contribution in [1.29, 1.82) is 0 Å². The largest absolute Gasteiger partial charge is 0.488 e. The molecule has 0 atom stereocenters. The zero-order chi connectivity index (χ0) is 28.5. The molecule has 7 aromatic carbocycles. The summed E-state index contributed by atoms with van der Waals surface area (Å²) >= 11 is 0. The maximum atomic E-state index is 9.42. The Morgan fingerprint density at radius 1 is 0.405 bits per heavy atom. The monoisotopic (exact) mass is 541 g/mol. The van der Waals surface area contributed by atoms with Crippen LogP contribution < -0.4 is 10.4 Å².